The van der Waals surface area contributed by atoms with Crippen LogP contribution in [0.3, 0.4) is 0 Å². The Labute approximate surface area is 179 Å². The van der Waals surface area contributed by atoms with E-state index in [2.05, 4.69) is 20.9 Å². The molecular formula is C22H24FN5O3. The monoisotopic (exact) mass is 425 g/mol. The molecule has 1 amide bonds. The molecule has 2 aromatic carbocycles. The molecule has 1 aliphatic heterocycles. The predicted molar refractivity (Wildman–Crippen MR) is 113 cm³/mol. The molecule has 1 aliphatic rings. The minimum Gasteiger partial charge on any atom is -0.389 e. The van der Waals surface area contributed by atoms with Crippen molar-refractivity contribution in [2.24, 2.45) is 0 Å². The van der Waals surface area contributed by atoms with Gasteiger partial charge in [-0.3, -0.25) is 4.79 Å². The number of aromatic nitrogens is 3. The fourth-order valence-electron chi connectivity index (χ4n) is 3.61. The van der Waals surface area contributed by atoms with E-state index in [1.54, 1.807) is 23.0 Å². The van der Waals surface area contributed by atoms with Crippen molar-refractivity contribution in [2.45, 2.75) is 38.3 Å². The van der Waals surface area contributed by atoms with Gasteiger partial charge in [-0.2, -0.15) is 0 Å². The summed E-state index contributed by atoms with van der Waals surface area (Å²) in [5.41, 5.74) is 2.97. The van der Waals surface area contributed by atoms with Crippen molar-refractivity contribution >= 4 is 11.6 Å². The van der Waals surface area contributed by atoms with Crippen molar-refractivity contribution in [2.75, 3.05) is 11.9 Å². The summed E-state index contributed by atoms with van der Waals surface area (Å²) < 4.78 is 20.9. The smallest absolute Gasteiger partial charge is 0.221 e. The van der Waals surface area contributed by atoms with Crippen LogP contribution in [0.15, 0.2) is 54.7 Å². The number of halogens is 1. The maximum absolute atomic E-state index is 13.5. The van der Waals surface area contributed by atoms with Crippen molar-refractivity contribution in [1.82, 2.24) is 20.3 Å². The van der Waals surface area contributed by atoms with Crippen LogP contribution in [-0.4, -0.2) is 50.9 Å². The molecule has 9 heteroatoms. The van der Waals surface area contributed by atoms with E-state index in [9.17, 15) is 14.3 Å². The van der Waals surface area contributed by atoms with Crippen LogP contribution in [0, 0.1) is 5.82 Å². The fraction of sp³-hybridized carbons (Fsp3) is 0.318. The topological polar surface area (TPSA) is 101 Å². The maximum Gasteiger partial charge on any atom is 0.221 e. The molecule has 162 valence electrons. The third kappa shape index (κ3) is 5.32. The molecule has 0 unspecified atom stereocenters. The van der Waals surface area contributed by atoms with Crippen LogP contribution in [0.1, 0.15) is 12.5 Å². The van der Waals surface area contributed by atoms with Crippen molar-refractivity contribution < 1.29 is 19.0 Å². The number of ether oxygens (including phenoxy) is 1. The highest BCUT2D eigenvalue weighted by molar-refractivity contribution is 5.88. The van der Waals surface area contributed by atoms with Gasteiger partial charge in [0.2, 0.25) is 5.91 Å². The molecular weight excluding hydrogens is 401 g/mol. The predicted octanol–water partition coefficient (Wildman–Crippen LogP) is 1.96. The van der Waals surface area contributed by atoms with E-state index in [0.717, 1.165) is 11.3 Å². The number of amides is 1. The summed E-state index contributed by atoms with van der Waals surface area (Å²) in [6.45, 7) is 2.63. The van der Waals surface area contributed by atoms with Gasteiger partial charge in [0, 0.05) is 24.7 Å². The van der Waals surface area contributed by atoms with Crippen molar-refractivity contribution in [3.63, 3.8) is 0 Å². The second-order valence-electron chi connectivity index (χ2n) is 7.56. The van der Waals surface area contributed by atoms with E-state index in [0.29, 0.717) is 24.3 Å². The highest BCUT2D eigenvalue weighted by Gasteiger charge is 2.36. The number of anilines is 1. The summed E-state index contributed by atoms with van der Waals surface area (Å²) in [6.07, 6.45) is 0.797. The Hall–Kier alpha value is -3.14. The minimum atomic E-state index is -0.644. The maximum atomic E-state index is 13.5. The number of benzene rings is 2. The van der Waals surface area contributed by atoms with Crippen LogP contribution in [0.25, 0.3) is 11.3 Å². The number of aliphatic hydroxyl groups is 1. The molecule has 0 saturated carbocycles. The molecule has 31 heavy (non-hydrogen) atoms. The van der Waals surface area contributed by atoms with Crippen LogP contribution in [-0.2, 0) is 22.6 Å². The summed E-state index contributed by atoms with van der Waals surface area (Å²) in [6, 6.07) is 13.4. The zero-order valence-corrected chi connectivity index (χ0v) is 17.0. The van der Waals surface area contributed by atoms with Crippen molar-refractivity contribution in [3.05, 3.63) is 66.1 Å². The molecule has 1 saturated heterocycles. The minimum absolute atomic E-state index is 0.117. The molecule has 0 spiro atoms. The van der Waals surface area contributed by atoms with Gasteiger partial charge in [-0.25, -0.2) is 9.07 Å². The lowest BCUT2D eigenvalue weighted by atomic mass is 10.1. The first-order valence-corrected chi connectivity index (χ1v) is 10.0. The van der Waals surface area contributed by atoms with E-state index in [1.807, 2.05) is 24.3 Å². The Morgan fingerprint density at radius 2 is 2.10 bits per heavy atom. The highest BCUT2D eigenvalue weighted by atomic mass is 19.1. The molecule has 4 rings (SSSR count). The third-order valence-corrected chi connectivity index (χ3v) is 5.14. The molecule has 3 N–H and O–H groups in total. The Morgan fingerprint density at radius 3 is 2.84 bits per heavy atom. The van der Waals surface area contributed by atoms with E-state index in [4.69, 9.17) is 4.74 Å². The number of carbonyl (C=O) groups excluding carboxylic acids is 1. The molecule has 2 heterocycles. The van der Waals surface area contributed by atoms with Gasteiger partial charge in [-0.15, -0.1) is 5.10 Å². The van der Waals surface area contributed by atoms with Crippen molar-refractivity contribution in [1.29, 1.82) is 0 Å². The Kier molecular flexibility index (Phi) is 6.36. The average Bonchev–Trinajstić information content (AvgIpc) is 3.34. The van der Waals surface area contributed by atoms with Crippen LogP contribution in [0.4, 0.5) is 10.1 Å². The van der Waals surface area contributed by atoms with Gasteiger partial charge in [0.1, 0.15) is 11.5 Å². The Morgan fingerprint density at radius 1 is 1.29 bits per heavy atom. The normalized spacial score (nSPS) is 20.7. The number of hydrogen-bond donors (Lipinski definition) is 3. The highest BCUT2D eigenvalue weighted by Crippen LogP contribution is 2.20. The standard InChI is InChI=1S/C22H24FN5O3/c1-14(29)25-18-7-5-15(6-8-18)10-24-22-20(30)13-31-21(22)12-28-11-19(26-27-28)16-3-2-4-17(23)9-16/h2-9,11,20-22,24,30H,10,12-13H2,1H3,(H,25,29)/t20-,21+,22+/m0/s1. The van der Waals surface area contributed by atoms with Gasteiger partial charge in [0.25, 0.3) is 0 Å². The first-order chi connectivity index (χ1) is 15.0. The van der Waals surface area contributed by atoms with Crippen molar-refractivity contribution in [3.8, 4) is 11.3 Å². The quantitative estimate of drug-likeness (QED) is 0.535. The lowest BCUT2D eigenvalue weighted by molar-refractivity contribution is -0.114. The van der Waals surface area contributed by atoms with Crippen LogP contribution in [0.2, 0.25) is 0 Å². The van der Waals surface area contributed by atoms with E-state index < -0.39 is 6.10 Å². The fourth-order valence-corrected chi connectivity index (χ4v) is 3.61. The molecule has 0 bridgehead atoms. The summed E-state index contributed by atoms with van der Waals surface area (Å²) >= 11 is 0. The second-order valence-corrected chi connectivity index (χ2v) is 7.56. The lowest BCUT2D eigenvalue weighted by Crippen LogP contribution is -2.45. The zero-order valence-electron chi connectivity index (χ0n) is 17.0. The lowest BCUT2D eigenvalue weighted by Gasteiger charge is -2.21. The van der Waals surface area contributed by atoms with Gasteiger partial charge in [0.05, 0.1) is 37.6 Å². The van der Waals surface area contributed by atoms with Crippen LogP contribution < -0.4 is 10.6 Å². The molecule has 1 aromatic heterocycles. The largest absolute Gasteiger partial charge is 0.389 e. The number of carbonyl (C=O) groups is 1. The molecule has 8 nitrogen and oxygen atoms in total. The Balaban J connectivity index is 1.37. The van der Waals surface area contributed by atoms with Gasteiger partial charge in [-0.1, -0.05) is 29.5 Å². The summed E-state index contributed by atoms with van der Waals surface area (Å²) in [7, 11) is 0. The Bertz CT molecular complexity index is 1040. The third-order valence-electron chi connectivity index (χ3n) is 5.14. The first-order valence-electron chi connectivity index (χ1n) is 10.0. The van der Waals surface area contributed by atoms with Crippen LogP contribution >= 0.6 is 0 Å². The number of nitrogens with zero attached hydrogens (tertiary/aromatic N) is 3. The number of aliphatic hydroxyl groups excluding tert-OH is 1. The van der Waals surface area contributed by atoms with E-state index in [1.165, 1.54) is 19.1 Å². The second kappa shape index (κ2) is 9.34. The number of hydrogen-bond acceptors (Lipinski definition) is 6. The van der Waals surface area contributed by atoms with E-state index >= 15 is 0 Å². The molecule has 0 aliphatic carbocycles. The van der Waals surface area contributed by atoms with Gasteiger partial charge >= 0.3 is 0 Å². The van der Waals surface area contributed by atoms with Crippen LogP contribution in [0.5, 0.6) is 0 Å². The number of nitrogens with one attached hydrogen (secondary N) is 2. The van der Waals surface area contributed by atoms with Gasteiger partial charge in [-0.05, 0) is 29.8 Å². The summed E-state index contributed by atoms with van der Waals surface area (Å²) in [5, 5.41) is 24.7. The van der Waals surface area contributed by atoms with E-state index in [-0.39, 0.29) is 30.5 Å². The molecule has 3 atom stereocenters. The molecule has 1 fully saturated rings. The van der Waals surface area contributed by atoms with Gasteiger partial charge < -0.3 is 20.5 Å². The first kappa shape index (κ1) is 21.1. The summed E-state index contributed by atoms with van der Waals surface area (Å²) in [5.74, 6) is -0.447. The SMILES string of the molecule is CC(=O)Nc1ccc(CN[C@@H]2[C@@H](O)CO[C@@H]2Cn2cc(-c3cccc(F)c3)nn2)cc1. The zero-order chi connectivity index (χ0) is 21.8. The average molecular weight is 425 g/mol. The number of rotatable bonds is 7. The molecule has 3 aromatic rings. The molecule has 0 radical (unpaired) electrons. The van der Waals surface area contributed by atoms with Gasteiger partial charge in [0.15, 0.2) is 0 Å². The summed E-state index contributed by atoms with van der Waals surface area (Å²) in [4.78, 5) is 11.1.